The van der Waals surface area contributed by atoms with Crippen LogP contribution in [0.2, 0.25) is 5.02 Å². The second-order valence-electron chi connectivity index (χ2n) is 5.12. The third-order valence-corrected chi connectivity index (χ3v) is 3.49. The van der Waals surface area contributed by atoms with E-state index in [1.165, 1.54) is 0 Å². The Kier molecular flexibility index (Phi) is 4.85. The smallest absolute Gasteiger partial charge is 0.255 e. The van der Waals surface area contributed by atoms with Gasteiger partial charge in [-0.25, -0.2) is 0 Å². The van der Waals surface area contributed by atoms with Gasteiger partial charge in [0.25, 0.3) is 5.56 Å². The monoisotopic (exact) mass is 324 g/mol. The summed E-state index contributed by atoms with van der Waals surface area (Å²) in [6, 6.07) is 5.55. The van der Waals surface area contributed by atoms with Gasteiger partial charge in [-0.05, 0) is 50.7 Å². The maximum absolute atomic E-state index is 12.0. The van der Waals surface area contributed by atoms with E-state index in [0.717, 1.165) is 11.3 Å². The van der Waals surface area contributed by atoms with Gasteiger partial charge in [0.2, 0.25) is 0 Å². The largest absolute Gasteiger partial charge is 0.489 e. The first kappa shape index (κ1) is 15.8. The number of aryl methyl sites for hydroxylation is 1. The summed E-state index contributed by atoms with van der Waals surface area (Å²) >= 11 is 11.1. The highest BCUT2D eigenvalue weighted by atomic mass is 35.5. The summed E-state index contributed by atoms with van der Waals surface area (Å²) in [5.41, 5.74) is 2.18. The molecule has 1 aromatic heterocycles. The molecule has 21 heavy (non-hydrogen) atoms. The van der Waals surface area contributed by atoms with E-state index in [1.54, 1.807) is 0 Å². The molecule has 0 spiro atoms. The fourth-order valence-electron chi connectivity index (χ4n) is 2.05. The van der Waals surface area contributed by atoms with Crippen molar-refractivity contribution >= 4 is 23.8 Å². The third kappa shape index (κ3) is 3.95. The van der Waals surface area contributed by atoms with Gasteiger partial charge in [-0.2, -0.15) is 0 Å². The Morgan fingerprint density at radius 2 is 2.05 bits per heavy atom. The molecule has 0 atom stereocenters. The molecule has 2 rings (SSSR count). The van der Waals surface area contributed by atoms with Crippen LogP contribution in [0.25, 0.3) is 0 Å². The molecule has 1 aromatic carbocycles. The predicted octanol–water partition coefficient (Wildman–Crippen LogP) is 3.77. The molecule has 0 amide bonds. The van der Waals surface area contributed by atoms with Gasteiger partial charge in [-0.1, -0.05) is 17.7 Å². The quantitative estimate of drug-likeness (QED) is 0.842. The molecule has 0 radical (unpaired) electrons. The number of ether oxygens (including phenoxy) is 1. The SMILES string of the molecule is Cc1[nH]c(=S)[nH]c(=O)c1Cc1ccc(OC(C)C)c(Cl)c1. The standard InChI is InChI=1S/C15H17ClN2O2S/c1-8(2)20-13-5-4-10(7-12(13)16)6-11-9(3)17-15(21)18-14(11)19/h4-5,7-8H,6H2,1-3H3,(H2,17,18,19,21). The summed E-state index contributed by atoms with van der Waals surface area (Å²) in [6.45, 7) is 5.72. The first-order valence-corrected chi connectivity index (χ1v) is 7.42. The third-order valence-electron chi connectivity index (χ3n) is 2.99. The zero-order valence-corrected chi connectivity index (χ0v) is 13.7. The summed E-state index contributed by atoms with van der Waals surface area (Å²) in [6.07, 6.45) is 0.544. The minimum atomic E-state index is -0.171. The topological polar surface area (TPSA) is 57.9 Å². The molecule has 1 heterocycles. The summed E-state index contributed by atoms with van der Waals surface area (Å²) in [5.74, 6) is 0.647. The maximum atomic E-state index is 12.0. The number of nitrogens with one attached hydrogen (secondary N) is 2. The highest BCUT2D eigenvalue weighted by Crippen LogP contribution is 2.27. The molecule has 0 aliphatic carbocycles. The van der Waals surface area contributed by atoms with Crippen molar-refractivity contribution < 1.29 is 4.74 Å². The molecule has 0 fully saturated rings. The molecule has 112 valence electrons. The Labute approximate surface area is 133 Å². The number of aromatic amines is 2. The minimum absolute atomic E-state index is 0.0626. The van der Waals surface area contributed by atoms with E-state index in [-0.39, 0.29) is 11.7 Å². The number of rotatable bonds is 4. The maximum Gasteiger partial charge on any atom is 0.255 e. The van der Waals surface area contributed by atoms with Crippen molar-refractivity contribution in [2.45, 2.75) is 33.3 Å². The molecule has 0 unspecified atom stereocenters. The normalized spacial score (nSPS) is 10.9. The Morgan fingerprint density at radius 3 is 2.62 bits per heavy atom. The van der Waals surface area contributed by atoms with Crippen molar-refractivity contribution in [2.24, 2.45) is 0 Å². The van der Waals surface area contributed by atoms with E-state index in [0.29, 0.717) is 27.5 Å². The average molecular weight is 325 g/mol. The summed E-state index contributed by atoms with van der Waals surface area (Å²) in [7, 11) is 0. The summed E-state index contributed by atoms with van der Waals surface area (Å²) < 4.78 is 5.93. The molecule has 2 aromatic rings. The number of aromatic nitrogens is 2. The summed E-state index contributed by atoms with van der Waals surface area (Å²) in [5, 5.41) is 0.541. The molecule has 4 nitrogen and oxygen atoms in total. The lowest BCUT2D eigenvalue weighted by molar-refractivity contribution is 0.242. The number of hydrogen-bond acceptors (Lipinski definition) is 3. The Hall–Kier alpha value is -1.59. The van der Waals surface area contributed by atoms with Crippen LogP contribution in [0.4, 0.5) is 0 Å². The van der Waals surface area contributed by atoms with Gasteiger partial charge in [-0.15, -0.1) is 0 Å². The van der Waals surface area contributed by atoms with Crippen LogP contribution in [0, 0.1) is 11.7 Å². The molecule has 6 heteroatoms. The van der Waals surface area contributed by atoms with E-state index >= 15 is 0 Å². The predicted molar refractivity (Wildman–Crippen MR) is 87.0 cm³/mol. The molecule has 0 aliphatic heterocycles. The highest BCUT2D eigenvalue weighted by Gasteiger charge is 2.09. The van der Waals surface area contributed by atoms with Gasteiger partial charge in [-0.3, -0.25) is 9.78 Å². The zero-order chi connectivity index (χ0) is 15.6. The number of hydrogen-bond donors (Lipinski definition) is 2. The van der Waals surface area contributed by atoms with Crippen molar-refractivity contribution in [1.29, 1.82) is 0 Å². The first-order valence-electron chi connectivity index (χ1n) is 6.64. The van der Waals surface area contributed by atoms with E-state index in [2.05, 4.69) is 9.97 Å². The average Bonchev–Trinajstić information content (AvgIpc) is 2.36. The highest BCUT2D eigenvalue weighted by molar-refractivity contribution is 7.71. The fraction of sp³-hybridized carbons (Fsp3) is 0.333. The van der Waals surface area contributed by atoms with Crippen molar-refractivity contribution in [2.75, 3.05) is 0 Å². The van der Waals surface area contributed by atoms with E-state index in [9.17, 15) is 4.79 Å². The van der Waals surface area contributed by atoms with E-state index in [4.69, 9.17) is 28.6 Å². The Morgan fingerprint density at radius 1 is 1.33 bits per heavy atom. The van der Waals surface area contributed by atoms with Gasteiger partial charge in [0.05, 0.1) is 11.1 Å². The summed E-state index contributed by atoms with van der Waals surface area (Å²) in [4.78, 5) is 17.5. The van der Waals surface area contributed by atoms with Gasteiger partial charge >= 0.3 is 0 Å². The van der Waals surface area contributed by atoms with Crippen LogP contribution in [0.5, 0.6) is 5.75 Å². The number of halogens is 1. The zero-order valence-electron chi connectivity index (χ0n) is 12.1. The van der Waals surface area contributed by atoms with Gasteiger partial charge in [0.1, 0.15) is 5.75 Å². The van der Waals surface area contributed by atoms with Crippen LogP contribution in [0.3, 0.4) is 0 Å². The van der Waals surface area contributed by atoms with Gasteiger partial charge in [0, 0.05) is 17.7 Å². The minimum Gasteiger partial charge on any atom is -0.489 e. The van der Waals surface area contributed by atoms with E-state index < -0.39 is 0 Å². The lowest BCUT2D eigenvalue weighted by Crippen LogP contribution is -2.16. The second kappa shape index (κ2) is 6.45. The fourth-order valence-corrected chi connectivity index (χ4v) is 2.54. The lowest BCUT2D eigenvalue weighted by atomic mass is 10.1. The van der Waals surface area contributed by atoms with Crippen LogP contribution in [0.15, 0.2) is 23.0 Å². The Bertz CT molecular complexity index is 765. The van der Waals surface area contributed by atoms with Crippen LogP contribution < -0.4 is 10.3 Å². The molecule has 0 saturated carbocycles. The molecular weight excluding hydrogens is 308 g/mol. The molecule has 0 saturated heterocycles. The molecule has 0 aliphatic rings. The molecule has 0 bridgehead atoms. The first-order chi connectivity index (χ1) is 9.86. The van der Waals surface area contributed by atoms with Gasteiger partial charge in [0.15, 0.2) is 4.77 Å². The van der Waals surface area contributed by atoms with Crippen molar-refractivity contribution in [3.63, 3.8) is 0 Å². The van der Waals surface area contributed by atoms with Gasteiger partial charge < -0.3 is 9.72 Å². The van der Waals surface area contributed by atoms with E-state index in [1.807, 2.05) is 39.0 Å². The van der Waals surface area contributed by atoms with Crippen molar-refractivity contribution in [3.8, 4) is 5.75 Å². The number of H-pyrrole nitrogens is 2. The van der Waals surface area contributed by atoms with Crippen LogP contribution >= 0.6 is 23.8 Å². The van der Waals surface area contributed by atoms with Crippen molar-refractivity contribution in [3.05, 3.63) is 55.2 Å². The molecule has 2 N–H and O–H groups in total. The van der Waals surface area contributed by atoms with Crippen molar-refractivity contribution in [1.82, 2.24) is 9.97 Å². The second-order valence-corrected chi connectivity index (χ2v) is 5.94. The van der Waals surface area contributed by atoms with Crippen LogP contribution in [-0.2, 0) is 6.42 Å². The Balaban J connectivity index is 2.31. The van der Waals surface area contributed by atoms with Crippen LogP contribution in [-0.4, -0.2) is 16.1 Å². The lowest BCUT2D eigenvalue weighted by Gasteiger charge is -2.12. The number of benzene rings is 1. The van der Waals surface area contributed by atoms with Crippen LogP contribution in [0.1, 0.15) is 30.7 Å². The molecular formula is C15H17ClN2O2S.